The van der Waals surface area contributed by atoms with Crippen molar-refractivity contribution in [2.45, 2.75) is 32.1 Å². The second-order valence-electron chi connectivity index (χ2n) is 3.97. The van der Waals surface area contributed by atoms with Gasteiger partial charge in [0.15, 0.2) is 0 Å². The van der Waals surface area contributed by atoms with Crippen molar-refractivity contribution < 1.29 is 0 Å². The highest BCUT2D eigenvalue weighted by molar-refractivity contribution is 7.11. The van der Waals surface area contributed by atoms with Crippen LogP contribution in [0.25, 0.3) is 0 Å². The SMILES string of the molecule is CNCC1(c2nc(C)c(C)s2)CC1. The summed E-state index contributed by atoms with van der Waals surface area (Å²) in [5.41, 5.74) is 1.61. The standard InChI is InChI=1S/C10H16N2S/c1-7-8(2)13-9(12-7)10(4-5-10)6-11-3/h11H,4-6H2,1-3H3. The van der Waals surface area contributed by atoms with Gasteiger partial charge in [0.1, 0.15) is 5.01 Å². The third kappa shape index (κ3) is 1.51. The first-order valence-electron chi connectivity index (χ1n) is 4.77. The van der Waals surface area contributed by atoms with Gasteiger partial charge in [-0.15, -0.1) is 11.3 Å². The number of nitrogens with zero attached hydrogens (tertiary/aromatic N) is 1. The van der Waals surface area contributed by atoms with E-state index in [-0.39, 0.29) is 0 Å². The zero-order valence-electron chi connectivity index (χ0n) is 8.48. The third-order valence-corrected chi connectivity index (χ3v) is 4.17. The van der Waals surface area contributed by atoms with Gasteiger partial charge in [-0.05, 0) is 33.7 Å². The predicted molar refractivity (Wildman–Crippen MR) is 56.4 cm³/mol. The van der Waals surface area contributed by atoms with Gasteiger partial charge in [0.2, 0.25) is 0 Å². The number of aryl methyl sites for hydroxylation is 2. The minimum Gasteiger partial charge on any atom is -0.319 e. The van der Waals surface area contributed by atoms with E-state index in [9.17, 15) is 0 Å². The van der Waals surface area contributed by atoms with Gasteiger partial charge in [0, 0.05) is 16.8 Å². The molecule has 0 radical (unpaired) electrons. The van der Waals surface area contributed by atoms with Crippen molar-refractivity contribution in [3.05, 3.63) is 15.6 Å². The molecule has 0 bridgehead atoms. The molecule has 2 rings (SSSR count). The van der Waals surface area contributed by atoms with Gasteiger partial charge in [0.25, 0.3) is 0 Å². The number of nitrogens with one attached hydrogen (secondary N) is 1. The Balaban J connectivity index is 2.25. The van der Waals surface area contributed by atoms with Crippen LogP contribution in [0.1, 0.15) is 28.4 Å². The van der Waals surface area contributed by atoms with Crippen molar-refractivity contribution in [2.75, 3.05) is 13.6 Å². The van der Waals surface area contributed by atoms with E-state index in [1.54, 1.807) is 0 Å². The first-order valence-corrected chi connectivity index (χ1v) is 5.59. The van der Waals surface area contributed by atoms with Crippen LogP contribution in [0.15, 0.2) is 0 Å². The zero-order valence-corrected chi connectivity index (χ0v) is 9.29. The van der Waals surface area contributed by atoms with Crippen LogP contribution in [-0.2, 0) is 5.41 Å². The molecule has 1 aliphatic carbocycles. The maximum atomic E-state index is 4.64. The van der Waals surface area contributed by atoms with Gasteiger partial charge in [-0.3, -0.25) is 0 Å². The Morgan fingerprint density at radius 2 is 2.15 bits per heavy atom. The summed E-state index contributed by atoms with van der Waals surface area (Å²) in [7, 11) is 2.02. The van der Waals surface area contributed by atoms with E-state index in [1.165, 1.54) is 28.4 Å². The van der Waals surface area contributed by atoms with Gasteiger partial charge in [-0.25, -0.2) is 4.98 Å². The van der Waals surface area contributed by atoms with Gasteiger partial charge in [0.05, 0.1) is 5.69 Å². The van der Waals surface area contributed by atoms with Crippen molar-refractivity contribution >= 4 is 11.3 Å². The summed E-state index contributed by atoms with van der Waals surface area (Å²) in [6.07, 6.45) is 2.61. The second kappa shape index (κ2) is 3.07. The summed E-state index contributed by atoms with van der Waals surface area (Å²) >= 11 is 1.87. The van der Waals surface area contributed by atoms with E-state index in [0.717, 1.165) is 6.54 Å². The normalized spacial score (nSPS) is 19.0. The van der Waals surface area contributed by atoms with Crippen molar-refractivity contribution in [2.24, 2.45) is 0 Å². The molecule has 0 unspecified atom stereocenters. The lowest BCUT2D eigenvalue weighted by atomic mass is 10.1. The number of thiazole rings is 1. The van der Waals surface area contributed by atoms with Gasteiger partial charge in [-0.2, -0.15) is 0 Å². The van der Waals surface area contributed by atoms with Crippen LogP contribution >= 0.6 is 11.3 Å². The molecule has 1 aromatic rings. The second-order valence-corrected chi connectivity index (χ2v) is 5.17. The lowest BCUT2D eigenvalue weighted by molar-refractivity contribution is 0.619. The van der Waals surface area contributed by atoms with Crippen LogP contribution in [-0.4, -0.2) is 18.6 Å². The summed E-state index contributed by atoms with van der Waals surface area (Å²) in [5, 5.41) is 4.61. The van der Waals surface area contributed by atoms with E-state index < -0.39 is 0 Å². The molecule has 3 heteroatoms. The van der Waals surface area contributed by atoms with Gasteiger partial charge in [-0.1, -0.05) is 0 Å². The smallest absolute Gasteiger partial charge is 0.100 e. The van der Waals surface area contributed by atoms with Crippen LogP contribution in [0.4, 0.5) is 0 Å². The Bertz CT molecular complexity index is 293. The Hall–Kier alpha value is -0.410. The number of hydrogen-bond donors (Lipinski definition) is 1. The third-order valence-electron chi connectivity index (χ3n) is 2.85. The molecule has 72 valence electrons. The Labute approximate surface area is 83.4 Å². The number of hydrogen-bond acceptors (Lipinski definition) is 3. The van der Waals surface area contributed by atoms with Crippen LogP contribution in [0.5, 0.6) is 0 Å². The molecule has 1 aliphatic rings. The fourth-order valence-electron chi connectivity index (χ4n) is 1.66. The fourth-order valence-corrected chi connectivity index (χ4v) is 2.81. The highest BCUT2D eigenvalue weighted by Gasteiger charge is 2.46. The number of rotatable bonds is 3. The molecule has 0 spiro atoms. The molecule has 1 heterocycles. The molecule has 1 fully saturated rings. The van der Waals surface area contributed by atoms with E-state index in [0.29, 0.717) is 5.41 Å². The van der Waals surface area contributed by atoms with E-state index in [4.69, 9.17) is 0 Å². The molecule has 0 aromatic carbocycles. The van der Waals surface area contributed by atoms with Gasteiger partial charge < -0.3 is 5.32 Å². The molecular formula is C10H16N2S. The van der Waals surface area contributed by atoms with Crippen LogP contribution < -0.4 is 5.32 Å². The van der Waals surface area contributed by atoms with E-state index in [2.05, 4.69) is 24.1 Å². The lowest BCUT2D eigenvalue weighted by Gasteiger charge is -2.09. The molecule has 0 amide bonds. The monoisotopic (exact) mass is 196 g/mol. The molecule has 0 saturated heterocycles. The maximum Gasteiger partial charge on any atom is 0.100 e. The summed E-state index contributed by atoms with van der Waals surface area (Å²) in [6, 6.07) is 0. The molecule has 2 nitrogen and oxygen atoms in total. The molecule has 1 aromatic heterocycles. The first kappa shape index (κ1) is 9.16. The molecule has 0 atom stereocenters. The van der Waals surface area contributed by atoms with Crippen LogP contribution in [0, 0.1) is 13.8 Å². The first-order chi connectivity index (χ1) is 6.18. The largest absolute Gasteiger partial charge is 0.319 e. The van der Waals surface area contributed by atoms with Crippen molar-refractivity contribution in [1.82, 2.24) is 10.3 Å². The topological polar surface area (TPSA) is 24.9 Å². The van der Waals surface area contributed by atoms with Crippen LogP contribution in [0.3, 0.4) is 0 Å². The zero-order chi connectivity index (χ0) is 9.47. The molecule has 1 saturated carbocycles. The predicted octanol–water partition coefficient (Wildman–Crippen LogP) is 2.01. The Kier molecular flexibility index (Phi) is 2.16. The summed E-state index contributed by atoms with van der Waals surface area (Å²) in [6.45, 7) is 5.34. The maximum absolute atomic E-state index is 4.64. The number of aromatic nitrogens is 1. The van der Waals surface area contributed by atoms with Crippen LogP contribution in [0.2, 0.25) is 0 Å². The molecular weight excluding hydrogens is 180 g/mol. The van der Waals surface area contributed by atoms with E-state index in [1.807, 2.05) is 18.4 Å². The molecule has 1 N–H and O–H groups in total. The Morgan fingerprint density at radius 3 is 2.54 bits per heavy atom. The number of likely N-dealkylation sites (N-methyl/N-ethyl adjacent to an activating group) is 1. The summed E-state index contributed by atoms with van der Waals surface area (Å²) in [5.74, 6) is 0. The summed E-state index contributed by atoms with van der Waals surface area (Å²) < 4.78 is 0. The quantitative estimate of drug-likeness (QED) is 0.800. The molecule has 0 aliphatic heterocycles. The van der Waals surface area contributed by atoms with E-state index >= 15 is 0 Å². The fraction of sp³-hybridized carbons (Fsp3) is 0.700. The summed E-state index contributed by atoms with van der Waals surface area (Å²) in [4.78, 5) is 6.01. The highest BCUT2D eigenvalue weighted by Crippen LogP contribution is 2.49. The average molecular weight is 196 g/mol. The Morgan fingerprint density at radius 1 is 1.46 bits per heavy atom. The van der Waals surface area contributed by atoms with Crippen molar-refractivity contribution in [3.8, 4) is 0 Å². The highest BCUT2D eigenvalue weighted by atomic mass is 32.1. The minimum atomic E-state index is 0.401. The minimum absolute atomic E-state index is 0.401. The lowest BCUT2D eigenvalue weighted by Crippen LogP contribution is -2.23. The van der Waals surface area contributed by atoms with Crippen molar-refractivity contribution in [1.29, 1.82) is 0 Å². The van der Waals surface area contributed by atoms with Crippen molar-refractivity contribution in [3.63, 3.8) is 0 Å². The van der Waals surface area contributed by atoms with Gasteiger partial charge >= 0.3 is 0 Å². The average Bonchev–Trinajstić information content (AvgIpc) is 2.78. The molecule has 13 heavy (non-hydrogen) atoms.